The van der Waals surface area contributed by atoms with E-state index in [1.165, 1.54) is 0 Å². The van der Waals surface area contributed by atoms with Crippen LogP contribution < -0.4 is 5.11 Å². The highest BCUT2D eigenvalue weighted by Crippen LogP contribution is 2.24. The van der Waals surface area contributed by atoms with Crippen molar-refractivity contribution in [2.75, 3.05) is 6.61 Å². The second-order valence-corrected chi connectivity index (χ2v) is 4.19. The molecule has 0 amide bonds. The molecule has 0 bridgehead atoms. The Labute approximate surface area is 117 Å². The highest BCUT2D eigenvalue weighted by molar-refractivity contribution is 5.67. The van der Waals surface area contributed by atoms with E-state index in [4.69, 9.17) is 20.3 Å². The van der Waals surface area contributed by atoms with E-state index in [0.29, 0.717) is 0 Å². The minimum Gasteiger partial charge on any atom is -0.831 e. The summed E-state index contributed by atoms with van der Waals surface area (Å²) < 4.78 is 27.3. The summed E-state index contributed by atoms with van der Waals surface area (Å²) >= 11 is 0. The summed E-state index contributed by atoms with van der Waals surface area (Å²) in [6.45, 7) is 3.04. The van der Waals surface area contributed by atoms with E-state index in [1.54, 1.807) is 0 Å². The van der Waals surface area contributed by atoms with Crippen LogP contribution in [0.5, 0.6) is 0 Å². The number of carbonyl (C=O) groups is 3. The Bertz CT molecular complexity index is 412. The lowest BCUT2D eigenvalue weighted by Crippen LogP contribution is -2.56. The van der Waals surface area contributed by atoms with Crippen LogP contribution in [-0.4, -0.2) is 49.1 Å². The molecule has 0 N–H and O–H groups in total. The van der Waals surface area contributed by atoms with Gasteiger partial charge in [0.1, 0.15) is 18.8 Å². The molecule has 1 fully saturated rings. The molecule has 0 saturated carbocycles. The van der Waals surface area contributed by atoms with Gasteiger partial charge in [0.05, 0.1) is 0 Å². The Balaban J connectivity index is 2.94. The van der Waals surface area contributed by atoms with Gasteiger partial charge in [-0.25, -0.2) is 0 Å². The van der Waals surface area contributed by atoms with E-state index >= 15 is 0 Å². The van der Waals surface area contributed by atoms with Crippen molar-refractivity contribution in [3.05, 3.63) is 0 Å². The van der Waals surface area contributed by atoms with Crippen LogP contribution in [0.2, 0.25) is 0 Å². The number of carbonyl (C=O) groups excluding carboxylic acids is 3. The zero-order valence-electron chi connectivity index (χ0n) is 12.4. The molecule has 0 aromatic heterocycles. The zero-order chi connectivity index (χ0) is 16.2. The molecule has 1 rings (SSSR count). The fraction of sp³-hybridized carbons (Fsp3) is 0.750. The average Bonchev–Trinajstić information content (AvgIpc) is 2.35. The Morgan fingerprint density at radius 2 is 1.80 bits per heavy atom. The minimum atomic E-state index is -1.82. The second-order valence-electron chi connectivity index (χ2n) is 4.19. The van der Waals surface area contributed by atoms with Gasteiger partial charge in [0.2, 0.25) is 0 Å². The Morgan fingerprint density at radius 1 is 1.20 bits per heavy atom. The summed E-state index contributed by atoms with van der Waals surface area (Å²) in [5.41, 5.74) is 0. The van der Waals surface area contributed by atoms with E-state index < -0.39 is 48.9 Å². The van der Waals surface area contributed by atoms with Gasteiger partial charge in [-0.2, -0.15) is 0 Å². The molecule has 1 saturated heterocycles. The monoisotopic (exact) mass is 290 g/mol. The normalized spacial score (nSPS) is 33.8. The molecule has 1 heterocycles. The number of rotatable bonds is 4. The van der Waals surface area contributed by atoms with Crippen LogP contribution in [0.3, 0.4) is 0 Å². The molecule has 114 valence electrons. The molecule has 5 atom stereocenters. The maximum atomic E-state index is 11.7. The quantitative estimate of drug-likeness (QED) is 0.473. The first-order valence-electron chi connectivity index (χ1n) is 6.51. The third-order valence-electron chi connectivity index (χ3n) is 2.40. The van der Waals surface area contributed by atoms with Crippen LogP contribution in [0, 0.1) is 0 Å². The predicted octanol–water partition coefficient (Wildman–Crippen LogP) is -1.11. The molecule has 0 aromatic rings. The number of hydrogen-bond donors (Lipinski definition) is 0. The van der Waals surface area contributed by atoms with Crippen LogP contribution in [0.25, 0.3) is 0 Å². The molecule has 0 spiro atoms. The third kappa shape index (κ3) is 5.14. The molecule has 0 aromatic carbocycles. The maximum absolute atomic E-state index is 11.7. The van der Waals surface area contributed by atoms with E-state index in [0.717, 1.165) is 20.8 Å². The molecule has 8 heteroatoms. The van der Waals surface area contributed by atoms with Crippen LogP contribution in [-0.2, 0) is 33.3 Å². The second kappa shape index (κ2) is 7.20. The van der Waals surface area contributed by atoms with Gasteiger partial charge in [-0.1, -0.05) is 0 Å². The van der Waals surface area contributed by atoms with Gasteiger partial charge >= 0.3 is 17.9 Å². The molecular weight excluding hydrogens is 272 g/mol. The number of ether oxygens (including phenoxy) is 4. The van der Waals surface area contributed by atoms with Crippen LogP contribution in [0.15, 0.2) is 0 Å². The van der Waals surface area contributed by atoms with Crippen molar-refractivity contribution in [3.63, 3.8) is 0 Å². The molecule has 1 aliphatic rings. The van der Waals surface area contributed by atoms with Crippen molar-refractivity contribution < 1.29 is 39.8 Å². The fourth-order valence-electron chi connectivity index (χ4n) is 1.74. The molecule has 8 nitrogen and oxygen atoms in total. The Hall–Kier alpha value is -1.67. The number of hydrogen-bond acceptors (Lipinski definition) is 8. The molecule has 0 aliphatic carbocycles. The van der Waals surface area contributed by atoms with Crippen LogP contribution >= 0.6 is 0 Å². The standard InChI is InChI=1S/C12H17O8/c1-6(13)17-5-10-12(19-8(3)15)9(18-7(2)14)4-11(16)20-10/h9-12H,4-5H2,1-3H3/q-1/t9-,10-,11+,12+/m1/s1/i4D/t4-,9+,10+,11-,12-/m0. The molecule has 0 radical (unpaired) electrons. The highest BCUT2D eigenvalue weighted by atomic mass is 16.7. The van der Waals surface area contributed by atoms with E-state index in [9.17, 15) is 19.5 Å². The Morgan fingerprint density at radius 3 is 2.30 bits per heavy atom. The maximum Gasteiger partial charge on any atom is 0.303 e. The SMILES string of the molecule is [2H][C@H]1[C@@H](OC(C)=O)[C@H](OC(C)=O)[C@@H](COC(C)=O)O[C@@H]1[O-]. The van der Waals surface area contributed by atoms with Gasteiger partial charge in [0, 0.05) is 22.1 Å². The van der Waals surface area contributed by atoms with Crippen LogP contribution in [0.1, 0.15) is 28.5 Å². The molecular formula is C12H17O8-. The van der Waals surface area contributed by atoms with Gasteiger partial charge in [0.15, 0.2) is 6.10 Å². The van der Waals surface area contributed by atoms with Crippen molar-refractivity contribution in [1.29, 1.82) is 0 Å². The zero-order valence-corrected chi connectivity index (χ0v) is 11.4. The summed E-state index contributed by atoms with van der Waals surface area (Å²) in [6.07, 6.45) is -6.87. The largest absolute Gasteiger partial charge is 0.831 e. The van der Waals surface area contributed by atoms with Crippen molar-refractivity contribution in [3.8, 4) is 0 Å². The van der Waals surface area contributed by atoms with Crippen molar-refractivity contribution in [2.24, 2.45) is 0 Å². The summed E-state index contributed by atoms with van der Waals surface area (Å²) in [7, 11) is 0. The van der Waals surface area contributed by atoms with Gasteiger partial charge in [-0.3, -0.25) is 14.4 Å². The molecule has 0 unspecified atom stereocenters. The summed E-state index contributed by atoms with van der Waals surface area (Å²) in [6, 6.07) is 0. The summed E-state index contributed by atoms with van der Waals surface area (Å²) in [5, 5.41) is 11.7. The molecule has 1 aliphatic heterocycles. The smallest absolute Gasteiger partial charge is 0.303 e. The first kappa shape index (κ1) is 14.7. The third-order valence-corrected chi connectivity index (χ3v) is 2.40. The first-order chi connectivity index (χ1) is 9.72. The average molecular weight is 290 g/mol. The fourth-order valence-corrected chi connectivity index (χ4v) is 1.74. The minimum absolute atomic E-state index is 0.351. The van der Waals surface area contributed by atoms with E-state index in [2.05, 4.69) is 0 Å². The lowest BCUT2D eigenvalue weighted by molar-refractivity contribution is -0.513. The van der Waals surface area contributed by atoms with Gasteiger partial charge in [-0.15, -0.1) is 0 Å². The van der Waals surface area contributed by atoms with Crippen molar-refractivity contribution in [1.82, 2.24) is 0 Å². The van der Waals surface area contributed by atoms with Gasteiger partial charge < -0.3 is 24.1 Å². The topological polar surface area (TPSA) is 111 Å². The summed E-state index contributed by atoms with van der Waals surface area (Å²) in [5.74, 6) is -2.04. The van der Waals surface area contributed by atoms with Crippen molar-refractivity contribution in [2.45, 2.75) is 51.8 Å². The highest BCUT2D eigenvalue weighted by Gasteiger charge is 2.40. The number of esters is 3. The predicted molar refractivity (Wildman–Crippen MR) is 61.0 cm³/mol. The lowest BCUT2D eigenvalue weighted by atomic mass is 10.0. The van der Waals surface area contributed by atoms with Gasteiger partial charge in [0.25, 0.3) is 0 Å². The van der Waals surface area contributed by atoms with Gasteiger partial charge in [-0.05, 0) is 12.7 Å². The van der Waals surface area contributed by atoms with E-state index in [-0.39, 0.29) is 6.61 Å². The van der Waals surface area contributed by atoms with Crippen LogP contribution in [0.4, 0.5) is 0 Å². The van der Waals surface area contributed by atoms with Crippen molar-refractivity contribution >= 4 is 17.9 Å². The first-order valence-corrected chi connectivity index (χ1v) is 5.93. The lowest BCUT2D eigenvalue weighted by Gasteiger charge is -2.42. The Kier molecular flexibility index (Phi) is 5.31. The molecule has 20 heavy (non-hydrogen) atoms. The van der Waals surface area contributed by atoms with E-state index in [1.807, 2.05) is 0 Å². The summed E-state index contributed by atoms with van der Waals surface area (Å²) in [4.78, 5) is 33.1.